The number of hydrogen-bond acceptors (Lipinski definition) is 3. The summed E-state index contributed by atoms with van der Waals surface area (Å²) in [5.41, 5.74) is 0.499. The highest BCUT2D eigenvalue weighted by molar-refractivity contribution is 5.85. The van der Waals surface area contributed by atoms with Crippen LogP contribution in [0.3, 0.4) is 0 Å². The summed E-state index contributed by atoms with van der Waals surface area (Å²) in [7, 11) is 0. The van der Waals surface area contributed by atoms with Gasteiger partial charge in [0.1, 0.15) is 12.1 Å². The van der Waals surface area contributed by atoms with Crippen LogP contribution in [-0.2, 0) is 16.1 Å². The average Bonchev–Trinajstić information content (AvgIpc) is 2.70. The van der Waals surface area contributed by atoms with Gasteiger partial charge in [-0.2, -0.15) is 0 Å². The van der Waals surface area contributed by atoms with E-state index in [1.807, 2.05) is 51.1 Å². The van der Waals surface area contributed by atoms with Gasteiger partial charge in [0.2, 0.25) is 5.91 Å². The summed E-state index contributed by atoms with van der Waals surface area (Å²) in [4.78, 5) is 26.9. The Bertz CT molecular complexity index is 494. The first-order valence-corrected chi connectivity index (χ1v) is 6.65. The molecule has 0 aromatic heterocycles. The van der Waals surface area contributed by atoms with Crippen molar-refractivity contribution >= 4 is 12.0 Å². The van der Waals surface area contributed by atoms with Crippen LogP contribution >= 0.6 is 0 Å². The monoisotopic (exact) mass is 276 g/mol. The minimum Gasteiger partial charge on any atom is -0.444 e. The van der Waals surface area contributed by atoms with Crippen molar-refractivity contribution in [1.29, 1.82) is 0 Å². The molecule has 2 amide bonds. The van der Waals surface area contributed by atoms with Crippen LogP contribution < -0.4 is 0 Å². The molecule has 0 aliphatic carbocycles. The van der Waals surface area contributed by atoms with Crippen LogP contribution in [0.2, 0.25) is 0 Å². The van der Waals surface area contributed by atoms with Gasteiger partial charge in [0, 0.05) is 6.54 Å². The lowest BCUT2D eigenvalue weighted by Crippen LogP contribution is -2.36. The van der Waals surface area contributed by atoms with Crippen molar-refractivity contribution in [2.75, 3.05) is 13.2 Å². The van der Waals surface area contributed by atoms with Crippen molar-refractivity contribution in [3.05, 3.63) is 35.9 Å². The highest BCUT2D eigenvalue weighted by atomic mass is 16.6. The minimum atomic E-state index is -0.549. The van der Waals surface area contributed by atoms with Gasteiger partial charge in [-0.05, 0) is 26.3 Å². The molecule has 1 heterocycles. The maximum Gasteiger partial charge on any atom is 0.412 e. The Morgan fingerprint density at radius 1 is 1.25 bits per heavy atom. The molecule has 2 rings (SSSR count). The fourth-order valence-electron chi connectivity index (χ4n) is 1.99. The van der Waals surface area contributed by atoms with E-state index in [1.54, 1.807) is 4.90 Å². The fourth-order valence-corrected chi connectivity index (χ4v) is 1.99. The topological polar surface area (TPSA) is 49.9 Å². The molecule has 1 saturated heterocycles. The predicted octanol–water partition coefficient (Wildman–Crippen LogP) is 2.22. The van der Waals surface area contributed by atoms with Crippen LogP contribution in [-0.4, -0.2) is 40.6 Å². The summed E-state index contributed by atoms with van der Waals surface area (Å²) in [5, 5.41) is 0. The van der Waals surface area contributed by atoms with E-state index < -0.39 is 11.7 Å². The summed E-state index contributed by atoms with van der Waals surface area (Å²) in [5.74, 6) is -0.0558. The molecule has 0 saturated carbocycles. The average molecular weight is 276 g/mol. The number of benzene rings is 1. The van der Waals surface area contributed by atoms with E-state index >= 15 is 0 Å². The standard InChI is InChI=1S/C15H20N2O3/c1-15(2,3)20-14(19)17-10-13(18)16(11-17)9-12-7-5-4-6-8-12/h4-8H,9-11H2,1-3H3. The lowest BCUT2D eigenvalue weighted by atomic mass is 10.2. The van der Waals surface area contributed by atoms with Crippen LogP contribution in [0.1, 0.15) is 26.3 Å². The Balaban J connectivity index is 1.95. The SMILES string of the molecule is CC(C)(C)OC(=O)N1CC(=O)N(Cc2ccccc2)C1. The third kappa shape index (κ3) is 3.73. The van der Waals surface area contributed by atoms with Gasteiger partial charge < -0.3 is 9.64 Å². The molecule has 1 aliphatic rings. The molecule has 1 aromatic rings. The molecule has 0 radical (unpaired) electrons. The van der Waals surface area contributed by atoms with E-state index in [-0.39, 0.29) is 19.1 Å². The van der Waals surface area contributed by atoms with Crippen molar-refractivity contribution in [3.63, 3.8) is 0 Å². The first-order chi connectivity index (χ1) is 9.35. The van der Waals surface area contributed by atoms with Crippen LogP contribution in [0, 0.1) is 0 Å². The first kappa shape index (κ1) is 14.4. The maximum atomic E-state index is 11.9. The van der Waals surface area contributed by atoms with E-state index in [1.165, 1.54) is 4.90 Å². The number of hydrogen-bond donors (Lipinski definition) is 0. The zero-order valence-electron chi connectivity index (χ0n) is 12.1. The molecule has 1 aliphatic heterocycles. The highest BCUT2D eigenvalue weighted by Crippen LogP contribution is 2.16. The van der Waals surface area contributed by atoms with Crippen LogP contribution in [0.5, 0.6) is 0 Å². The van der Waals surface area contributed by atoms with E-state index in [9.17, 15) is 9.59 Å². The summed E-state index contributed by atoms with van der Waals surface area (Å²) in [6.07, 6.45) is -0.443. The number of ether oxygens (including phenoxy) is 1. The predicted molar refractivity (Wildman–Crippen MR) is 74.8 cm³/mol. The van der Waals surface area contributed by atoms with Crippen molar-refractivity contribution in [2.24, 2.45) is 0 Å². The van der Waals surface area contributed by atoms with Gasteiger partial charge in [-0.1, -0.05) is 30.3 Å². The first-order valence-electron chi connectivity index (χ1n) is 6.65. The molecule has 5 heteroatoms. The van der Waals surface area contributed by atoms with Gasteiger partial charge in [-0.15, -0.1) is 0 Å². The zero-order valence-corrected chi connectivity index (χ0v) is 12.1. The Kier molecular flexibility index (Phi) is 3.97. The van der Waals surface area contributed by atoms with Crippen LogP contribution in [0.25, 0.3) is 0 Å². The van der Waals surface area contributed by atoms with Gasteiger partial charge >= 0.3 is 6.09 Å². The molecular weight excluding hydrogens is 256 g/mol. The molecule has 0 spiro atoms. The lowest BCUT2D eigenvalue weighted by Gasteiger charge is -2.24. The smallest absolute Gasteiger partial charge is 0.412 e. The number of amides is 2. The number of carbonyl (C=O) groups is 2. The summed E-state index contributed by atoms with van der Waals surface area (Å²) in [6.45, 7) is 6.31. The van der Waals surface area contributed by atoms with Gasteiger partial charge in [-0.25, -0.2) is 4.79 Å². The molecule has 0 N–H and O–H groups in total. The molecule has 108 valence electrons. The minimum absolute atomic E-state index is 0.0558. The molecule has 0 unspecified atom stereocenters. The van der Waals surface area contributed by atoms with E-state index in [0.29, 0.717) is 6.54 Å². The quantitative estimate of drug-likeness (QED) is 0.832. The third-order valence-electron chi connectivity index (χ3n) is 2.89. The van der Waals surface area contributed by atoms with Gasteiger partial charge in [0.25, 0.3) is 0 Å². The van der Waals surface area contributed by atoms with E-state index in [4.69, 9.17) is 4.74 Å². The van der Waals surface area contributed by atoms with E-state index in [2.05, 4.69) is 0 Å². The summed E-state index contributed by atoms with van der Waals surface area (Å²) in [6, 6.07) is 9.72. The van der Waals surface area contributed by atoms with Gasteiger partial charge in [0.05, 0.1) is 6.67 Å². The van der Waals surface area contributed by atoms with Gasteiger partial charge in [-0.3, -0.25) is 9.69 Å². The Labute approximate surface area is 119 Å². The highest BCUT2D eigenvalue weighted by Gasteiger charge is 2.33. The Hall–Kier alpha value is -2.04. The maximum absolute atomic E-state index is 11.9. The second-order valence-corrected chi connectivity index (χ2v) is 5.90. The van der Waals surface area contributed by atoms with Crippen LogP contribution in [0.15, 0.2) is 30.3 Å². The second-order valence-electron chi connectivity index (χ2n) is 5.90. The number of rotatable bonds is 2. The number of carbonyl (C=O) groups excluding carboxylic acids is 2. The van der Waals surface area contributed by atoms with E-state index in [0.717, 1.165) is 5.56 Å². The molecular formula is C15H20N2O3. The lowest BCUT2D eigenvalue weighted by molar-refractivity contribution is -0.127. The molecule has 0 atom stereocenters. The Morgan fingerprint density at radius 2 is 1.90 bits per heavy atom. The summed E-state index contributed by atoms with van der Waals surface area (Å²) >= 11 is 0. The second kappa shape index (κ2) is 5.53. The Morgan fingerprint density at radius 3 is 2.50 bits per heavy atom. The van der Waals surface area contributed by atoms with Crippen LogP contribution in [0.4, 0.5) is 4.79 Å². The van der Waals surface area contributed by atoms with Crippen molar-refractivity contribution in [3.8, 4) is 0 Å². The molecule has 5 nitrogen and oxygen atoms in total. The normalized spacial score (nSPS) is 15.7. The van der Waals surface area contributed by atoms with Crippen molar-refractivity contribution in [2.45, 2.75) is 32.9 Å². The fraction of sp³-hybridized carbons (Fsp3) is 0.467. The molecule has 0 bridgehead atoms. The number of nitrogens with zero attached hydrogens (tertiary/aromatic N) is 2. The third-order valence-corrected chi connectivity index (χ3v) is 2.89. The summed E-state index contributed by atoms with van der Waals surface area (Å²) < 4.78 is 5.28. The van der Waals surface area contributed by atoms with Crippen molar-refractivity contribution in [1.82, 2.24) is 9.80 Å². The van der Waals surface area contributed by atoms with Gasteiger partial charge in [0.15, 0.2) is 0 Å². The zero-order chi connectivity index (χ0) is 14.8. The largest absolute Gasteiger partial charge is 0.444 e. The molecule has 20 heavy (non-hydrogen) atoms. The molecule has 1 fully saturated rings. The van der Waals surface area contributed by atoms with Crippen molar-refractivity contribution < 1.29 is 14.3 Å². The molecule has 1 aromatic carbocycles.